The summed E-state index contributed by atoms with van der Waals surface area (Å²) in [5.41, 5.74) is 0. The van der Waals surface area contributed by atoms with E-state index in [-0.39, 0.29) is 31.1 Å². The van der Waals surface area contributed by atoms with Crippen LogP contribution in [0.4, 0.5) is 0 Å². The third-order valence-corrected chi connectivity index (χ3v) is 15.2. The third-order valence-electron chi connectivity index (χ3n) is 15.2. The van der Waals surface area contributed by atoms with E-state index in [1.54, 1.807) is 0 Å². The van der Waals surface area contributed by atoms with Gasteiger partial charge in [0.05, 0.1) is 0 Å². The molecule has 436 valence electrons. The molecule has 0 N–H and O–H groups in total. The van der Waals surface area contributed by atoms with E-state index in [2.05, 4.69) is 45.1 Å². The van der Waals surface area contributed by atoms with E-state index < -0.39 is 6.10 Å². The molecule has 1 atom stereocenters. The molecule has 0 saturated heterocycles. The largest absolute Gasteiger partial charge is 0.462 e. The van der Waals surface area contributed by atoms with E-state index in [0.717, 1.165) is 64.2 Å². The van der Waals surface area contributed by atoms with Gasteiger partial charge in [0.2, 0.25) is 0 Å². The Morgan fingerprint density at radius 2 is 0.486 bits per heavy atom. The van der Waals surface area contributed by atoms with Gasteiger partial charge in [0.15, 0.2) is 6.10 Å². The van der Waals surface area contributed by atoms with Crippen LogP contribution in [0.5, 0.6) is 0 Å². The third kappa shape index (κ3) is 60.8. The maximum atomic E-state index is 12.9. The first-order valence-corrected chi connectivity index (χ1v) is 33.3. The molecule has 0 aliphatic heterocycles. The highest BCUT2D eigenvalue weighted by Gasteiger charge is 2.19. The smallest absolute Gasteiger partial charge is 0.306 e. The van der Waals surface area contributed by atoms with Crippen LogP contribution in [0.3, 0.4) is 0 Å². The molecular formula is C68H128O6. The molecule has 0 bridgehead atoms. The molecule has 0 aliphatic rings. The number of carbonyl (C=O) groups is 3. The summed E-state index contributed by atoms with van der Waals surface area (Å²) in [5, 5.41) is 0. The van der Waals surface area contributed by atoms with Crippen LogP contribution in [0.1, 0.15) is 374 Å². The summed E-state index contributed by atoms with van der Waals surface area (Å²) >= 11 is 0. The number of rotatable bonds is 62. The van der Waals surface area contributed by atoms with E-state index in [9.17, 15) is 14.4 Å². The Kier molecular flexibility index (Phi) is 61.6. The summed E-state index contributed by atoms with van der Waals surface area (Å²) in [6, 6.07) is 0. The van der Waals surface area contributed by atoms with Gasteiger partial charge in [-0.2, -0.15) is 0 Å². The van der Waals surface area contributed by atoms with Crippen molar-refractivity contribution in [3.63, 3.8) is 0 Å². The second-order valence-corrected chi connectivity index (χ2v) is 22.7. The molecule has 0 aliphatic carbocycles. The van der Waals surface area contributed by atoms with Crippen molar-refractivity contribution in [1.82, 2.24) is 0 Å². The van der Waals surface area contributed by atoms with Gasteiger partial charge >= 0.3 is 17.9 Å². The van der Waals surface area contributed by atoms with E-state index >= 15 is 0 Å². The van der Waals surface area contributed by atoms with Gasteiger partial charge in [-0.15, -0.1) is 0 Å². The van der Waals surface area contributed by atoms with Crippen LogP contribution in [0.25, 0.3) is 0 Å². The average Bonchev–Trinajstić information content (AvgIpc) is 3.40. The summed E-state index contributed by atoms with van der Waals surface area (Å²) in [7, 11) is 0. The van der Waals surface area contributed by atoms with Gasteiger partial charge in [-0.25, -0.2) is 0 Å². The SMILES string of the molecule is CCCCCCC/C=C\C/C=C\CCCCCCCCCCCCCC(=O)OC(COC(=O)CCCCCCCCCC)COC(=O)CCCCCCCCCCCCCCCCCCCCCCCCCCC. The quantitative estimate of drug-likeness (QED) is 0.0261. The first-order chi connectivity index (χ1) is 36.5. The Morgan fingerprint density at radius 1 is 0.270 bits per heavy atom. The maximum Gasteiger partial charge on any atom is 0.306 e. The van der Waals surface area contributed by atoms with Crippen molar-refractivity contribution in [1.29, 1.82) is 0 Å². The molecule has 0 amide bonds. The second-order valence-electron chi connectivity index (χ2n) is 22.7. The van der Waals surface area contributed by atoms with Gasteiger partial charge in [0.25, 0.3) is 0 Å². The minimum absolute atomic E-state index is 0.0662. The topological polar surface area (TPSA) is 78.9 Å². The summed E-state index contributed by atoms with van der Waals surface area (Å²) in [6.45, 7) is 6.67. The molecule has 0 spiro atoms. The lowest BCUT2D eigenvalue weighted by Crippen LogP contribution is -2.30. The zero-order valence-corrected chi connectivity index (χ0v) is 50.1. The van der Waals surface area contributed by atoms with Crippen LogP contribution in [0.15, 0.2) is 24.3 Å². The lowest BCUT2D eigenvalue weighted by atomic mass is 10.0. The number of hydrogen-bond donors (Lipinski definition) is 0. The monoisotopic (exact) mass is 1040 g/mol. The zero-order valence-electron chi connectivity index (χ0n) is 50.1. The fourth-order valence-corrected chi connectivity index (χ4v) is 10.2. The van der Waals surface area contributed by atoms with Gasteiger partial charge < -0.3 is 14.2 Å². The van der Waals surface area contributed by atoms with Crippen LogP contribution in [0, 0.1) is 0 Å². The highest BCUT2D eigenvalue weighted by atomic mass is 16.6. The van der Waals surface area contributed by atoms with Crippen LogP contribution in [0.2, 0.25) is 0 Å². The molecule has 74 heavy (non-hydrogen) atoms. The second kappa shape index (κ2) is 63.4. The number of esters is 3. The zero-order chi connectivity index (χ0) is 53.6. The molecule has 0 rings (SSSR count). The number of allylic oxidation sites excluding steroid dienone is 4. The molecule has 0 heterocycles. The molecule has 0 radical (unpaired) electrons. The number of ether oxygens (including phenoxy) is 3. The summed E-state index contributed by atoms with van der Waals surface area (Å²) in [4.78, 5) is 38.2. The first kappa shape index (κ1) is 71.9. The molecule has 0 saturated carbocycles. The van der Waals surface area contributed by atoms with Crippen molar-refractivity contribution in [2.45, 2.75) is 380 Å². The Morgan fingerprint density at radius 3 is 0.743 bits per heavy atom. The van der Waals surface area contributed by atoms with Crippen molar-refractivity contribution in [2.75, 3.05) is 13.2 Å². The van der Waals surface area contributed by atoms with Crippen LogP contribution < -0.4 is 0 Å². The lowest BCUT2D eigenvalue weighted by Gasteiger charge is -2.18. The molecule has 0 aromatic carbocycles. The Bertz CT molecular complexity index is 1190. The molecular weight excluding hydrogens is 913 g/mol. The molecule has 0 fully saturated rings. The standard InChI is InChI=1S/C68H128O6/c1-4-7-10-13-16-19-21-23-25-27-29-31-33-34-36-37-39-41-43-45-47-49-52-55-58-61-67(70)73-64-65(63-72-66(69)60-57-54-51-18-15-12-9-6-3)74-68(71)62-59-56-53-50-48-46-44-42-40-38-35-32-30-28-26-24-22-20-17-14-11-8-5-2/h22,24,28,30,65H,4-21,23,25-27,29,31-64H2,1-3H3/b24-22-,30-28-. The van der Waals surface area contributed by atoms with Crippen molar-refractivity contribution in [2.24, 2.45) is 0 Å². The van der Waals surface area contributed by atoms with Gasteiger partial charge in [-0.3, -0.25) is 14.4 Å². The first-order valence-electron chi connectivity index (χ1n) is 33.3. The Balaban J connectivity index is 4.10. The average molecular weight is 1040 g/mol. The Hall–Kier alpha value is -2.11. The maximum absolute atomic E-state index is 12.9. The summed E-state index contributed by atoms with van der Waals surface area (Å²) in [6.07, 6.45) is 76.5. The van der Waals surface area contributed by atoms with E-state index in [4.69, 9.17) is 14.2 Å². The fraction of sp³-hybridized carbons (Fsp3) is 0.897. The molecule has 1 unspecified atom stereocenters. The minimum atomic E-state index is -0.767. The predicted octanol–water partition coefficient (Wildman–Crippen LogP) is 22.6. The van der Waals surface area contributed by atoms with E-state index in [1.165, 1.54) is 270 Å². The van der Waals surface area contributed by atoms with Gasteiger partial charge in [0.1, 0.15) is 13.2 Å². The van der Waals surface area contributed by atoms with Gasteiger partial charge in [0, 0.05) is 19.3 Å². The number of carbonyl (C=O) groups excluding carboxylic acids is 3. The fourth-order valence-electron chi connectivity index (χ4n) is 10.2. The predicted molar refractivity (Wildman–Crippen MR) is 321 cm³/mol. The molecule has 0 aromatic heterocycles. The number of unbranched alkanes of at least 4 members (excludes halogenated alkanes) is 47. The van der Waals surface area contributed by atoms with Crippen molar-refractivity contribution in [3.05, 3.63) is 24.3 Å². The van der Waals surface area contributed by atoms with Gasteiger partial charge in [-0.1, -0.05) is 328 Å². The van der Waals surface area contributed by atoms with Crippen molar-refractivity contribution >= 4 is 17.9 Å². The van der Waals surface area contributed by atoms with Crippen LogP contribution >= 0.6 is 0 Å². The summed E-state index contributed by atoms with van der Waals surface area (Å²) in [5.74, 6) is -0.846. The molecule has 6 nitrogen and oxygen atoms in total. The summed E-state index contributed by atoms with van der Waals surface area (Å²) < 4.78 is 16.9. The molecule has 6 heteroatoms. The van der Waals surface area contributed by atoms with E-state index in [0.29, 0.717) is 19.3 Å². The van der Waals surface area contributed by atoms with Gasteiger partial charge in [-0.05, 0) is 51.4 Å². The van der Waals surface area contributed by atoms with Crippen LogP contribution in [-0.4, -0.2) is 37.2 Å². The van der Waals surface area contributed by atoms with Crippen molar-refractivity contribution in [3.8, 4) is 0 Å². The number of hydrogen-bond acceptors (Lipinski definition) is 6. The lowest BCUT2D eigenvalue weighted by molar-refractivity contribution is -0.167. The normalized spacial score (nSPS) is 12.1. The molecule has 0 aromatic rings. The highest BCUT2D eigenvalue weighted by Crippen LogP contribution is 2.18. The highest BCUT2D eigenvalue weighted by molar-refractivity contribution is 5.71. The van der Waals surface area contributed by atoms with E-state index in [1.807, 2.05) is 0 Å². The van der Waals surface area contributed by atoms with Crippen molar-refractivity contribution < 1.29 is 28.6 Å². The Labute approximate surface area is 462 Å². The van der Waals surface area contributed by atoms with Crippen LogP contribution in [-0.2, 0) is 28.6 Å². The minimum Gasteiger partial charge on any atom is -0.462 e.